The van der Waals surface area contributed by atoms with Crippen LogP contribution in [0.15, 0.2) is 168 Å². The van der Waals surface area contributed by atoms with E-state index in [2.05, 4.69) is 15.0 Å². The molecule has 0 saturated carbocycles. The summed E-state index contributed by atoms with van der Waals surface area (Å²) in [6, 6.07) is -24.2. The predicted octanol–water partition coefficient (Wildman–Crippen LogP) is 11.3. The SMILES string of the molecule is [2H]c1c([2H])c([2H])c(-c2nc(-c3c([2H])c([2H])c(-c4c([2H])c([2H])c([2H])c5oc6c([2H])c([2H])c([2H])c([2H])c6c45)c([2H])c3[2H])nc(-c3c([2H])c([2H])c([2H])c4c([2H])c(-c5c([2H])c([2H])c([2H])c([2H])c5[2H])c([2H])c([2H])c34)n2)c([2H])c1[2H]. The van der Waals surface area contributed by atoms with Crippen LogP contribution in [0.2, 0.25) is 0 Å². The van der Waals surface area contributed by atoms with E-state index in [1.807, 2.05) is 0 Å². The molecule has 9 rings (SSSR count). The first-order valence-electron chi connectivity index (χ1n) is 27.0. The highest BCUT2D eigenvalue weighted by Crippen LogP contribution is 2.37. The van der Waals surface area contributed by atoms with E-state index in [1.165, 1.54) is 0 Å². The number of benzene rings is 7. The van der Waals surface area contributed by atoms with Crippen molar-refractivity contribution in [3.8, 4) is 56.4 Å². The van der Waals surface area contributed by atoms with E-state index in [-0.39, 0.29) is 0 Å². The lowest BCUT2D eigenvalue weighted by Gasteiger charge is -2.12. The molecule has 4 nitrogen and oxygen atoms in total. The third-order valence-corrected chi connectivity index (χ3v) is 6.82. The Kier molecular flexibility index (Phi) is 2.66. The molecule has 47 heavy (non-hydrogen) atoms. The van der Waals surface area contributed by atoms with Gasteiger partial charge in [-0.1, -0.05) is 145 Å². The van der Waals surface area contributed by atoms with Crippen LogP contribution in [-0.4, -0.2) is 15.0 Å². The second kappa shape index (κ2) is 11.2. The first-order chi connectivity index (χ1) is 34.5. The van der Waals surface area contributed by atoms with E-state index in [1.54, 1.807) is 0 Å². The number of fused-ring (bicyclic) bond motifs is 4. The van der Waals surface area contributed by atoms with Gasteiger partial charge in [-0.25, -0.2) is 15.0 Å². The summed E-state index contributed by atoms with van der Waals surface area (Å²) in [5, 5.41) is -2.24. The van der Waals surface area contributed by atoms with Crippen molar-refractivity contribution < 1.29 is 41.4 Å². The third kappa shape index (κ3) is 4.84. The largest absolute Gasteiger partial charge is 0.456 e. The van der Waals surface area contributed by atoms with Crippen LogP contribution in [0.4, 0.5) is 0 Å². The Hall–Kier alpha value is -6.39. The van der Waals surface area contributed by atoms with Gasteiger partial charge in [0.2, 0.25) is 0 Å². The van der Waals surface area contributed by atoms with Gasteiger partial charge in [0.25, 0.3) is 0 Å². The molecule has 2 aromatic heterocycles. The molecule has 2 heterocycles. The normalized spacial score (nSPS) is 19.4. The van der Waals surface area contributed by atoms with Gasteiger partial charge in [0.05, 0.1) is 37.0 Å². The van der Waals surface area contributed by atoms with E-state index in [4.69, 9.17) is 33.2 Å². The zero-order valence-corrected chi connectivity index (χ0v) is 23.2. The number of furan rings is 1. The summed E-state index contributed by atoms with van der Waals surface area (Å²) in [5.41, 5.74) is -6.24. The Morgan fingerprint density at radius 1 is 0.383 bits per heavy atom. The lowest BCUT2D eigenvalue weighted by atomic mass is 9.98. The first-order valence-corrected chi connectivity index (χ1v) is 13.5. The molecule has 0 atom stereocenters. The molecule has 0 saturated heterocycles. The van der Waals surface area contributed by atoms with Crippen LogP contribution in [0.25, 0.3) is 89.1 Å². The summed E-state index contributed by atoms with van der Waals surface area (Å²) in [7, 11) is 0. The minimum absolute atomic E-state index is 0.416. The zero-order chi connectivity index (χ0) is 54.7. The Labute approximate surface area is 309 Å². The van der Waals surface area contributed by atoms with E-state index >= 15 is 0 Å². The van der Waals surface area contributed by atoms with Crippen LogP contribution in [0.3, 0.4) is 0 Å². The standard InChI is InChI=1S/C43H27N3O/c1-3-11-28(12-4-1)32-25-26-34-33(27-32)15-9-18-36(34)43-45-41(30-13-5-2-6-14-30)44-42(46-43)31-23-21-29(22-24-31)35-17-10-20-39-40(35)37-16-7-8-19-38(37)47-39/h1-27H/i1D,2D,3D,4D,5D,6D,7D,8D,9D,10D,11D,12D,13D,14D,15D,16D,17D,18D,19D,20D,21D,22D,23D,24D,25D,26D,27D. The monoisotopic (exact) mass is 628 g/mol. The molecule has 220 valence electrons. The van der Waals surface area contributed by atoms with Crippen molar-refractivity contribution in [1.82, 2.24) is 15.0 Å². The molecule has 0 aliphatic carbocycles. The van der Waals surface area contributed by atoms with Crippen molar-refractivity contribution >= 4 is 32.7 Å². The average Bonchev–Trinajstić information content (AvgIpc) is 3.77. The molecule has 0 unspecified atom stereocenters. The van der Waals surface area contributed by atoms with Crippen LogP contribution in [-0.2, 0) is 0 Å². The maximum atomic E-state index is 9.36. The van der Waals surface area contributed by atoms with E-state index in [0.717, 1.165) is 0 Å². The maximum Gasteiger partial charge on any atom is 0.164 e. The number of aromatic nitrogens is 3. The van der Waals surface area contributed by atoms with Crippen molar-refractivity contribution in [3.63, 3.8) is 0 Å². The quantitative estimate of drug-likeness (QED) is 0.190. The van der Waals surface area contributed by atoms with Gasteiger partial charge in [-0.05, 0) is 51.2 Å². The van der Waals surface area contributed by atoms with Crippen LogP contribution in [0, 0.1) is 0 Å². The second-order valence-electron chi connectivity index (χ2n) is 9.57. The van der Waals surface area contributed by atoms with Gasteiger partial charge < -0.3 is 4.42 Å². The lowest BCUT2D eigenvalue weighted by Crippen LogP contribution is -2.00. The predicted molar refractivity (Wildman–Crippen MR) is 192 cm³/mol. The fourth-order valence-electron chi connectivity index (χ4n) is 4.74. The molecular weight excluding hydrogens is 574 g/mol. The van der Waals surface area contributed by atoms with Gasteiger partial charge in [-0.15, -0.1) is 0 Å². The molecule has 0 fully saturated rings. The average molecular weight is 629 g/mol. The Balaban J connectivity index is 1.42. The minimum Gasteiger partial charge on any atom is -0.456 e. The first kappa shape index (κ1) is 11.1. The smallest absolute Gasteiger partial charge is 0.164 e. The molecule has 7 aromatic carbocycles. The number of hydrogen-bond donors (Lipinski definition) is 0. The molecule has 9 aromatic rings. The highest BCUT2D eigenvalue weighted by molar-refractivity contribution is 6.12. The summed E-state index contributed by atoms with van der Waals surface area (Å²) >= 11 is 0. The number of nitrogens with zero attached hydrogens (tertiary/aromatic N) is 3. The third-order valence-electron chi connectivity index (χ3n) is 6.82. The van der Waals surface area contributed by atoms with Gasteiger partial charge in [0.15, 0.2) is 17.5 Å². The lowest BCUT2D eigenvalue weighted by molar-refractivity contribution is 0.669. The van der Waals surface area contributed by atoms with E-state index in [9.17, 15) is 8.22 Å². The number of para-hydroxylation sites is 1. The molecule has 0 aliphatic rings. The summed E-state index contributed by atoms with van der Waals surface area (Å²) in [5.74, 6) is -2.66. The van der Waals surface area contributed by atoms with Crippen LogP contribution in [0.1, 0.15) is 37.0 Å². The fraction of sp³-hybridized carbons (Fsp3) is 0. The fourth-order valence-corrected chi connectivity index (χ4v) is 4.74. The molecule has 0 spiro atoms. The molecule has 0 radical (unpaired) electrons. The highest BCUT2D eigenvalue weighted by Gasteiger charge is 2.16. The molecule has 4 heteroatoms. The Morgan fingerprint density at radius 2 is 0.957 bits per heavy atom. The number of rotatable bonds is 5. The Morgan fingerprint density at radius 3 is 1.74 bits per heavy atom. The van der Waals surface area contributed by atoms with E-state index in [0.29, 0.717) is 0 Å². The second-order valence-corrected chi connectivity index (χ2v) is 9.57. The molecule has 0 amide bonds. The van der Waals surface area contributed by atoms with Crippen molar-refractivity contribution in [2.45, 2.75) is 0 Å². The van der Waals surface area contributed by atoms with Crippen LogP contribution < -0.4 is 0 Å². The minimum atomic E-state index is -1.04. The summed E-state index contributed by atoms with van der Waals surface area (Å²) in [6.45, 7) is 0. The van der Waals surface area contributed by atoms with Gasteiger partial charge in [0.1, 0.15) is 11.2 Å². The van der Waals surface area contributed by atoms with Gasteiger partial charge in [0, 0.05) is 27.5 Å². The molecule has 0 N–H and O–H groups in total. The van der Waals surface area contributed by atoms with Crippen molar-refractivity contribution in [1.29, 1.82) is 0 Å². The highest BCUT2D eigenvalue weighted by atomic mass is 16.3. The summed E-state index contributed by atoms with van der Waals surface area (Å²) in [4.78, 5) is 12.9. The summed E-state index contributed by atoms with van der Waals surface area (Å²) in [6.07, 6.45) is 0. The van der Waals surface area contributed by atoms with Crippen molar-refractivity contribution in [3.05, 3.63) is 163 Å². The van der Waals surface area contributed by atoms with Gasteiger partial charge >= 0.3 is 0 Å². The van der Waals surface area contributed by atoms with Crippen LogP contribution >= 0.6 is 0 Å². The summed E-state index contributed by atoms with van der Waals surface area (Å²) < 4.78 is 242. The van der Waals surface area contributed by atoms with Crippen molar-refractivity contribution in [2.75, 3.05) is 0 Å². The maximum absolute atomic E-state index is 9.36. The van der Waals surface area contributed by atoms with E-state index < -0.39 is 252 Å². The van der Waals surface area contributed by atoms with Crippen LogP contribution in [0.5, 0.6) is 0 Å². The van der Waals surface area contributed by atoms with Crippen molar-refractivity contribution in [2.24, 2.45) is 0 Å². The van der Waals surface area contributed by atoms with Gasteiger partial charge in [-0.2, -0.15) is 0 Å². The molecular formula is C43H27N3O. The van der Waals surface area contributed by atoms with Gasteiger partial charge in [-0.3, -0.25) is 0 Å². The Bertz CT molecular complexity index is 4030. The number of hydrogen-bond acceptors (Lipinski definition) is 4. The molecule has 0 aliphatic heterocycles. The molecule has 0 bridgehead atoms. The topological polar surface area (TPSA) is 51.8 Å². The zero-order valence-electron chi connectivity index (χ0n) is 50.2.